The second-order valence-corrected chi connectivity index (χ2v) is 7.38. The molecule has 2 aromatic carbocycles. The number of nitrogens with zero attached hydrogens (tertiary/aromatic N) is 2. The zero-order valence-electron chi connectivity index (χ0n) is 17.4. The Balaban J connectivity index is 1.55. The Bertz CT molecular complexity index is 1030. The molecule has 3 rings (SSSR count). The van der Waals surface area contributed by atoms with Gasteiger partial charge in [0.1, 0.15) is 23.7 Å². The SMILES string of the molecule is CCOC(=O)CCCCCCOc1ccc2ncnc(Nc3ccc(F)c(Cl)c3)c2c1. The standard InChI is InChI=1S/C23H25ClFN3O3/c1-2-30-22(29)7-5-3-4-6-12-31-17-9-11-21-18(14-17)23(27-15-26-21)28-16-8-10-20(25)19(24)13-16/h8-11,13-15H,2-7,12H2,1H3,(H,26,27,28). The Morgan fingerprint density at radius 3 is 2.74 bits per heavy atom. The van der Waals surface area contributed by atoms with Crippen LogP contribution in [0.2, 0.25) is 5.02 Å². The highest BCUT2D eigenvalue weighted by Gasteiger charge is 2.08. The van der Waals surface area contributed by atoms with Gasteiger partial charge in [-0.05, 0) is 56.2 Å². The van der Waals surface area contributed by atoms with Crippen molar-refractivity contribution in [2.24, 2.45) is 0 Å². The first kappa shape index (κ1) is 22.7. The molecular weight excluding hydrogens is 421 g/mol. The minimum atomic E-state index is -0.476. The van der Waals surface area contributed by atoms with Gasteiger partial charge in [0.15, 0.2) is 0 Å². The number of aromatic nitrogens is 2. The average Bonchev–Trinajstić information content (AvgIpc) is 2.76. The van der Waals surface area contributed by atoms with Gasteiger partial charge in [0.05, 0.1) is 23.8 Å². The molecule has 1 N–H and O–H groups in total. The van der Waals surface area contributed by atoms with Crippen LogP contribution in [0.3, 0.4) is 0 Å². The van der Waals surface area contributed by atoms with Gasteiger partial charge in [0.25, 0.3) is 0 Å². The van der Waals surface area contributed by atoms with Crippen molar-refractivity contribution in [2.45, 2.75) is 39.0 Å². The van der Waals surface area contributed by atoms with Gasteiger partial charge in [-0.2, -0.15) is 0 Å². The molecule has 0 spiro atoms. The first-order valence-electron chi connectivity index (χ1n) is 10.3. The number of hydrogen-bond donors (Lipinski definition) is 1. The monoisotopic (exact) mass is 445 g/mol. The van der Waals surface area contributed by atoms with Crippen LogP contribution in [0.1, 0.15) is 39.0 Å². The van der Waals surface area contributed by atoms with Gasteiger partial charge in [0.2, 0.25) is 0 Å². The maximum Gasteiger partial charge on any atom is 0.305 e. The summed E-state index contributed by atoms with van der Waals surface area (Å²) >= 11 is 5.86. The number of hydrogen-bond acceptors (Lipinski definition) is 6. The molecule has 0 unspecified atom stereocenters. The zero-order chi connectivity index (χ0) is 22.1. The molecule has 0 radical (unpaired) electrons. The lowest BCUT2D eigenvalue weighted by molar-refractivity contribution is -0.143. The molecule has 0 aliphatic heterocycles. The molecule has 31 heavy (non-hydrogen) atoms. The third-order valence-corrected chi connectivity index (χ3v) is 4.93. The van der Waals surface area contributed by atoms with Gasteiger partial charge in [-0.15, -0.1) is 0 Å². The van der Waals surface area contributed by atoms with E-state index >= 15 is 0 Å². The molecule has 1 heterocycles. The van der Waals surface area contributed by atoms with Crippen molar-refractivity contribution < 1.29 is 18.7 Å². The third-order valence-electron chi connectivity index (χ3n) is 4.64. The fourth-order valence-corrected chi connectivity index (χ4v) is 3.26. The highest BCUT2D eigenvalue weighted by Crippen LogP contribution is 2.28. The molecule has 0 amide bonds. The second-order valence-electron chi connectivity index (χ2n) is 6.97. The van der Waals surface area contributed by atoms with Crippen LogP contribution in [0.15, 0.2) is 42.7 Å². The fourth-order valence-electron chi connectivity index (χ4n) is 3.08. The molecule has 0 aliphatic carbocycles. The van der Waals surface area contributed by atoms with Crippen molar-refractivity contribution in [1.29, 1.82) is 0 Å². The Morgan fingerprint density at radius 1 is 1.10 bits per heavy atom. The molecular formula is C23H25ClFN3O3. The Kier molecular flexibility index (Phi) is 8.41. The number of ether oxygens (including phenoxy) is 2. The van der Waals surface area contributed by atoms with Crippen LogP contribution >= 0.6 is 11.6 Å². The van der Waals surface area contributed by atoms with E-state index in [1.807, 2.05) is 25.1 Å². The van der Waals surface area contributed by atoms with Crippen LogP contribution in [0.4, 0.5) is 15.9 Å². The topological polar surface area (TPSA) is 73.3 Å². The Labute approximate surface area is 185 Å². The van der Waals surface area contributed by atoms with E-state index in [-0.39, 0.29) is 11.0 Å². The maximum absolute atomic E-state index is 13.4. The lowest BCUT2D eigenvalue weighted by atomic mass is 10.1. The summed E-state index contributed by atoms with van der Waals surface area (Å²) in [4.78, 5) is 19.9. The minimum Gasteiger partial charge on any atom is -0.494 e. The lowest BCUT2D eigenvalue weighted by Gasteiger charge is -2.11. The predicted molar refractivity (Wildman–Crippen MR) is 119 cm³/mol. The Morgan fingerprint density at radius 2 is 1.94 bits per heavy atom. The lowest BCUT2D eigenvalue weighted by Crippen LogP contribution is -2.03. The van der Waals surface area contributed by atoms with Crippen LogP contribution in [-0.2, 0) is 9.53 Å². The van der Waals surface area contributed by atoms with E-state index < -0.39 is 5.82 Å². The number of benzene rings is 2. The van der Waals surface area contributed by atoms with E-state index in [1.54, 1.807) is 6.07 Å². The van der Waals surface area contributed by atoms with Gasteiger partial charge in [-0.1, -0.05) is 24.4 Å². The molecule has 8 heteroatoms. The second kappa shape index (κ2) is 11.5. The molecule has 164 valence electrons. The van der Waals surface area contributed by atoms with E-state index in [1.165, 1.54) is 18.5 Å². The number of rotatable bonds is 11. The highest BCUT2D eigenvalue weighted by atomic mass is 35.5. The van der Waals surface area contributed by atoms with Crippen LogP contribution in [0.5, 0.6) is 5.75 Å². The highest BCUT2D eigenvalue weighted by molar-refractivity contribution is 6.31. The number of anilines is 2. The maximum atomic E-state index is 13.4. The van der Waals surface area contributed by atoms with E-state index in [9.17, 15) is 9.18 Å². The molecule has 1 aromatic heterocycles. The van der Waals surface area contributed by atoms with Crippen LogP contribution in [-0.4, -0.2) is 29.2 Å². The number of nitrogens with one attached hydrogen (secondary N) is 1. The van der Waals surface area contributed by atoms with E-state index in [0.29, 0.717) is 36.9 Å². The summed E-state index contributed by atoms with van der Waals surface area (Å²) in [6.45, 7) is 2.82. The van der Waals surface area contributed by atoms with E-state index in [2.05, 4.69) is 15.3 Å². The number of carbonyl (C=O) groups is 1. The van der Waals surface area contributed by atoms with Crippen molar-refractivity contribution >= 4 is 40.0 Å². The molecule has 0 fully saturated rings. The van der Waals surface area contributed by atoms with Crippen molar-refractivity contribution in [3.8, 4) is 5.75 Å². The summed E-state index contributed by atoms with van der Waals surface area (Å²) in [5.41, 5.74) is 1.39. The first-order chi connectivity index (χ1) is 15.1. The smallest absolute Gasteiger partial charge is 0.305 e. The molecule has 0 bridgehead atoms. The Hall–Kier alpha value is -2.93. The van der Waals surface area contributed by atoms with Crippen LogP contribution < -0.4 is 10.1 Å². The molecule has 3 aromatic rings. The van der Waals surface area contributed by atoms with Gasteiger partial charge >= 0.3 is 5.97 Å². The number of unbranched alkanes of at least 4 members (excludes halogenated alkanes) is 3. The van der Waals surface area contributed by atoms with E-state index in [4.69, 9.17) is 21.1 Å². The normalized spacial score (nSPS) is 10.8. The third kappa shape index (κ3) is 6.79. The molecule has 0 saturated carbocycles. The summed E-state index contributed by atoms with van der Waals surface area (Å²) in [7, 11) is 0. The number of esters is 1. The molecule has 0 saturated heterocycles. The summed E-state index contributed by atoms with van der Waals surface area (Å²) in [6.07, 6.45) is 5.59. The number of carbonyl (C=O) groups excluding carboxylic acids is 1. The van der Waals surface area contributed by atoms with Crippen LogP contribution in [0, 0.1) is 5.82 Å². The summed E-state index contributed by atoms with van der Waals surface area (Å²) in [5.74, 6) is 0.687. The minimum absolute atomic E-state index is 0.0367. The molecule has 0 atom stereocenters. The van der Waals surface area contributed by atoms with Crippen molar-refractivity contribution in [3.05, 3.63) is 53.6 Å². The van der Waals surface area contributed by atoms with Gasteiger partial charge < -0.3 is 14.8 Å². The number of fused-ring (bicyclic) bond motifs is 1. The van der Waals surface area contributed by atoms with Crippen molar-refractivity contribution in [3.63, 3.8) is 0 Å². The predicted octanol–water partition coefficient (Wildman–Crippen LogP) is 6.06. The van der Waals surface area contributed by atoms with Crippen molar-refractivity contribution in [1.82, 2.24) is 9.97 Å². The largest absolute Gasteiger partial charge is 0.494 e. The average molecular weight is 446 g/mol. The quantitative estimate of drug-likeness (QED) is 0.285. The summed E-state index contributed by atoms with van der Waals surface area (Å²) < 4.78 is 24.2. The first-order valence-corrected chi connectivity index (χ1v) is 10.7. The summed E-state index contributed by atoms with van der Waals surface area (Å²) in [5, 5.41) is 3.98. The fraction of sp³-hybridized carbons (Fsp3) is 0.348. The van der Waals surface area contributed by atoms with E-state index in [0.717, 1.165) is 36.6 Å². The van der Waals surface area contributed by atoms with Gasteiger partial charge in [0, 0.05) is 17.5 Å². The van der Waals surface area contributed by atoms with Crippen molar-refractivity contribution in [2.75, 3.05) is 18.5 Å². The van der Waals surface area contributed by atoms with Gasteiger partial charge in [-0.3, -0.25) is 4.79 Å². The number of halogens is 2. The molecule has 6 nitrogen and oxygen atoms in total. The summed E-state index contributed by atoms with van der Waals surface area (Å²) in [6, 6.07) is 10.0. The van der Waals surface area contributed by atoms with Gasteiger partial charge in [-0.25, -0.2) is 14.4 Å². The zero-order valence-corrected chi connectivity index (χ0v) is 18.1. The molecule has 0 aliphatic rings. The van der Waals surface area contributed by atoms with Crippen LogP contribution in [0.25, 0.3) is 10.9 Å².